The Hall–Kier alpha value is -5.23. The Bertz CT molecular complexity index is 1740. The first-order valence-electron chi connectivity index (χ1n) is 14.0. The molecule has 0 radical (unpaired) electrons. The lowest BCUT2D eigenvalue weighted by atomic mass is 9.89. The molecule has 3 aromatic carbocycles. The van der Waals surface area contributed by atoms with Gasteiger partial charge in [0.05, 0.1) is 23.9 Å². The molecule has 0 amide bonds. The average Bonchev–Trinajstić information content (AvgIpc) is 3.34. The minimum Gasteiger partial charge on any atom is -0.479 e. The molecule has 0 saturated carbocycles. The second kappa shape index (κ2) is 13.0. The quantitative estimate of drug-likeness (QED) is 0.0521. The molecule has 2 unspecified atom stereocenters. The molecule has 0 saturated heterocycles. The Morgan fingerprint density at radius 3 is 1.98 bits per heavy atom. The minimum atomic E-state index is -2.24. The number of carbonyl (C=O) groups is 3. The number of nitrogens with zero attached hydrogens (tertiary/aromatic N) is 2. The van der Waals surface area contributed by atoms with E-state index in [2.05, 4.69) is 5.32 Å². The molecular weight excluding hydrogens is 562 g/mol. The molecule has 0 aliphatic carbocycles. The summed E-state index contributed by atoms with van der Waals surface area (Å²) in [5.74, 6) is -3.09. The van der Waals surface area contributed by atoms with Gasteiger partial charge in [0.2, 0.25) is 5.54 Å². The lowest BCUT2D eigenvalue weighted by Gasteiger charge is -2.28. The average molecular weight is 598 g/mol. The maximum atomic E-state index is 13.3. The number of nitrogen functional groups attached to an aromatic ring is 2. The number of ether oxygens (including phenoxy) is 1. The van der Waals surface area contributed by atoms with E-state index < -0.39 is 35.5 Å². The van der Waals surface area contributed by atoms with E-state index in [1.165, 1.54) is 0 Å². The van der Waals surface area contributed by atoms with Crippen LogP contribution in [-0.2, 0) is 27.2 Å². The summed E-state index contributed by atoms with van der Waals surface area (Å²) in [6.45, 7) is 2.96. The predicted molar refractivity (Wildman–Crippen MR) is 163 cm³/mol. The number of benzene rings is 3. The third kappa shape index (κ3) is 7.04. The van der Waals surface area contributed by atoms with Gasteiger partial charge in [0.25, 0.3) is 0 Å². The minimum absolute atomic E-state index is 0.00953. The molecule has 12 heteroatoms. The van der Waals surface area contributed by atoms with Crippen molar-refractivity contribution in [2.45, 2.75) is 44.3 Å². The van der Waals surface area contributed by atoms with E-state index in [9.17, 15) is 19.5 Å². The predicted octanol–water partition coefficient (Wildman–Crippen LogP) is 1.26. The van der Waals surface area contributed by atoms with Crippen LogP contribution in [0.15, 0.2) is 76.7 Å². The van der Waals surface area contributed by atoms with E-state index in [4.69, 9.17) is 37.0 Å². The molecule has 4 rings (SSSR count). The van der Waals surface area contributed by atoms with Gasteiger partial charge in [-0.05, 0) is 56.0 Å². The number of carboxylic acid groups (broad SMARTS) is 1. The smallest absolute Gasteiger partial charge is 0.338 e. The fourth-order valence-corrected chi connectivity index (χ4v) is 4.91. The van der Waals surface area contributed by atoms with Crippen LogP contribution in [0.3, 0.4) is 0 Å². The van der Waals surface area contributed by atoms with Crippen LogP contribution in [0.1, 0.15) is 52.9 Å². The Balaban J connectivity index is 1.50. The standard InChI is InChI=1S/C32H35N7O5/c1-3-44-30(43)32(29(41)42,17-20-6-10-22(11-7-20)28(35)36)37-18-26(40)23-12-13-24-25(16-23)39-31(2,38-24)15-14-19-4-8-21(9-5-19)27(33)34/h4-13,16,37H,3,14-15,17-18H2,1-2H3,(H3,33,34)(H3,35,36)(H,41,42). The Labute approximate surface area is 253 Å². The highest BCUT2D eigenvalue weighted by atomic mass is 16.5. The first kappa shape index (κ1) is 31.7. The van der Waals surface area contributed by atoms with Crippen molar-refractivity contribution in [2.75, 3.05) is 13.2 Å². The molecule has 8 N–H and O–H groups in total. The van der Waals surface area contributed by atoms with Gasteiger partial charge in [-0.2, -0.15) is 0 Å². The van der Waals surface area contributed by atoms with E-state index >= 15 is 0 Å². The van der Waals surface area contributed by atoms with Crippen molar-refractivity contribution in [3.8, 4) is 0 Å². The number of fused-ring (bicyclic) bond motifs is 1. The highest BCUT2D eigenvalue weighted by Gasteiger charge is 2.48. The first-order chi connectivity index (χ1) is 20.9. The highest BCUT2D eigenvalue weighted by Crippen LogP contribution is 2.22. The third-order valence-electron chi connectivity index (χ3n) is 7.45. The number of hydrogen-bond donors (Lipinski definition) is 6. The van der Waals surface area contributed by atoms with Crippen molar-refractivity contribution in [1.29, 1.82) is 10.8 Å². The topological polar surface area (TPSA) is 217 Å². The Kier molecular flexibility index (Phi) is 9.34. The van der Waals surface area contributed by atoms with Crippen LogP contribution in [0.25, 0.3) is 0 Å². The summed E-state index contributed by atoms with van der Waals surface area (Å²) in [7, 11) is 0. The molecule has 1 aliphatic heterocycles. The monoisotopic (exact) mass is 597 g/mol. The van der Waals surface area contributed by atoms with Gasteiger partial charge >= 0.3 is 11.9 Å². The number of Topliss-reactive ketones (excluding diaryl/α,β-unsaturated/α-hetero) is 1. The molecule has 0 spiro atoms. The van der Waals surface area contributed by atoms with Gasteiger partial charge in [-0.3, -0.25) is 30.9 Å². The van der Waals surface area contributed by atoms with E-state index in [1.54, 1.807) is 61.5 Å². The summed E-state index contributed by atoms with van der Waals surface area (Å²) in [6.07, 6.45) is 0.995. The highest BCUT2D eigenvalue weighted by molar-refractivity contribution is 6.06. The number of aliphatic carboxylic acids is 1. The van der Waals surface area contributed by atoms with Crippen LogP contribution >= 0.6 is 0 Å². The molecule has 1 aliphatic rings. The lowest BCUT2D eigenvalue weighted by Crippen LogP contribution is -2.61. The number of ketones is 1. The fraction of sp³-hybridized carbons (Fsp3) is 0.281. The molecule has 228 valence electrons. The van der Waals surface area contributed by atoms with Crippen molar-refractivity contribution in [3.05, 3.63) is 105 Å². The molecule has 0 bridgehead atoms. The van der Waals surface area contributed by atoms with Crippen LogP contribution in [0.4, 0.5) is 0 Å². The maximum Gasteiger partial charge on any atom is 0.338 e. The number of esters is 1. The zero-order valence-corrected chi connectivity index (χ0v) is 24.5. The normalized spacial score (nSPS) is 16.5. The zero-order valence-electron chi connectivity index (χ0n) is 24.5. The van der Waals surface area contributed by atoms with Crippen LogP contribution in [0.2, 0.25) is 0 Å². The van der Waals surface area contributed by atoms with Crippen molar-refractivity contribution >= 4 is 29.4 Å². The number of carbonyl (C=O) groups excluding carboxylic acids is 2. The Morgan fingerprint density at radius 1 is 0.886 bits per heavy atom. The van der Waals surface area contributed by atoms with Crippen LogP contribution in [-0.4, -0.2) is 58.9 Å². The molecule has 0 aromatic heterocycles. The SMILES string of the molecule is CCOC(=O)C(Cc1ccc(C(=N)N)cc1)(NCC(=O)c1ccc2c(c1)=NC(C)(CCc1ccc(C(=N)N)cc1)N=2)C(=O)O. The second-order valence-corrected chi connectivity index (χ2v) is 10.7. The molecule has 0 fully saturated rings. The number of amidine groups is 2. The number of hydrogen-bond acceptors (Lipinski definition) is 9. The van der Waals surface area contributed by atoms with Gasteiger partial charge in [-0.15, -0.1) is 0 Å². The van der Waals surface area contributed by atoms with Gasteiger partial charge in [0.1, 0.15) is 17.3 Å². The molecule has 1 heterocycles. The molecule has 12 nitrogen and oxygen atoms in total. The zero-order chi connectivity index (χ0) is 32.1. The maximum absolute atomic E-state index is 13.3. The fourth-order valence-electron chi connectivity index (χ4n) is 4.91. The van der Waals surface area contributed by atoms with Crippen molar-refractivity contribution in [3.63, 3.8) is 0 Å². The number of carboxylic acids is 1. The first-order valence-corrected chi connectivity index (χ1v) is 14.0. The lowest BCUT2D eigenvalue weighted by molar-refractivity contribution is -0.162. The van der Waals surface area contributed by atoms with Gasteiger partial charge < -0.3 is 21.3 Å². The molecule has 2 atom stereocenters. The van der Waals surface area contributed by atoms with E-state index in [0.717, 1.165) is 5.56 Å². The second-order valence-electron chi connectivity index (χ2n) is 10.7. The van der Waals surface area contributed by atoms with Crippen molar-refractivity contribution in [2.24, 2.45) is 21.5 Å². The summed E-state index contributed by atoms with van der Waals surface area (Å²) in [5, 5.41) is 29.1. The number of nitrogens with two attached hydrogens (primary N) is 2. The number of nitrogens with one attached hydrogen (secondary N) is 3. The summed E-state index contributed by atoms with van der Waals surface area (Å²) in [5.41, 5.74) is 11.0. The van der Waals surface area contributed by atoms with Gasteiger partial charge in [0.15, 0.2) is 5.78 Å². The van der Waals surface area contributed by atoms with Gasteiger partial charge in [0, 0.05) is 23.1 Å². The largest absolute Gasteiger partial charge is 0.479 e. The third-order valence-corrected chi connectivity index (χ3v) is 7.45. The summed E-state index contributed by atoms with van der Waals surface area (Å²) < 4.78 is 5.11. The van der Waals surface area contributed by atoms with Gasteiger partial charge in [-0.1, -0.05) is 48.5 Å². The van der Waals surface area contributed by atoms with E-state index in [0.29, 0.717) is 40.2 Å². The van der Waals surface area contributed by atoms with E-state index in [-0.39, 0.29) is 30.3 Å². The van der Waals surface area contributed by atoms with E-state index in [1.807, 2.05) is 19.1 Å². The summed E-state index contributed by atoms with van der Waals surface area (Å²) >= 11 is 0. The number of rotatable bonds is 14. The number of aryl methyl sites for hydroxylation is 1. The Morgan fingerprint density at radius 2 is 1.43 bits per heavy atom. The van der Waals surface area contributed by atoms with Crippen LogP contribution in [0.5, 0.6) is 0 Å². The molecule has 44 heavy (non-hydrogen) atoms. The summed E-state index contributed by atoms with van der Waals surface area (Å²) in [4.78, 5) is 48.3. The van der Waals surface area contributed by atoms with Crippen molar-refractivity contribution in [1.82, 2.24) is 5.32 Å². The molecular formula is C32H35N7O5. The van der Waals surface area contributed by atoms with Gasteiger partial charge in [-0.25, -0.2) is 9.59 Å². The van der Waals surface area contributed by atoms with Crippen molar-refractivity contribution < 1.29 is 24.2 Å². The van der Waals surface area contributed by atoms with Crippen LogP contribution in [0, 0.1) is 10.8 Å². The summed E-state index contributed by atoms with van der Waals surface area (Å²) in [6, 6.07) is 18.6. The molecule has 3 aromatic rings. The van der Waals surface area contributed by atoms with Crippen LogP contribution < -0.4 is 27.5 Å².